The highest BCUT2D eigenvalue weighted by atomic mass is 16.5. The van der Waals surface area contributed by atoms with Crippen molar-refractivity contribution in [2.75, 3.05) is 6.54 Å². The predicted octanol–water partition coefficient (Wildman–Crippen LogP) is 3.13. The second-order valence-corrected chi connectivity index (χ2v) is 6.75. The summed E-state index contributed by atoms with van der Waals surface area (Å²) in [6, 6.07) is 19.8. The van der Waals surface area contributed by atoms with E-state index >= 15 is 0 Å². The molecule has 0 radical (unpaired) electrons. The smallest absolute Gasteiger partial charge is 0.256 e. The molecule has 6 heteroatoms. The topological polar surface area (TPSA) is 68.5 Å². The fourth-order valence-corrected chi connectivity index (χ4v) is 3.55. The quantitative estimate of drug-likeness (QED) is 0.599. The molecule has 0 saturated carbocycles. The van der Waals surface area contributed by atoms with Crippen LogP contribution in [0.2, 0.25) is 0 Å². The van der Waals surface area contributed by atoms with Gasteiger partial charge in [0.2, 0.25) is 0 Å². The molecule has 1 aliphatic rings. The molecule has 6 nitrogen and oxygen atoms in total. The van der Waals surface area contributed by atoms with Gasteiger partial charge in [0.1, 0.15) is 17.4 Å². The Morgan fingerprint density at radius 3 is 2.79 bits per heavy atom. The van der Waals surface area contributed by atoms with Crippen LogP contribution in [0.5, 0.6) is 5.75 Å². The first-order chi connectivity index (χ1) is 13.8. The van der Waals surface area contributed by atoms with E-state index in [-0.39, 0.29) is 12.0 Å². The summed E-state index contributed by atoms with van der Waals surface area (Å²) in [6.45, 7) is 0.434. The van der Waals surface area contributed by atoms with E-state index < -0.39 is 0 Å². The Bertz CT molecular complexity index is 1130. The summed E-state index contributed by atoms with van der Waals surface area (Å²) in [6.07, 6.45) is 4.00. The van der Waals surface area contributed by atoms with E-state index in [1.807, 2.05) is 54.6 Å². The number of rotatable bonds is 4. The molecule has 1 N–H and O–H groups in total. The van der Waals surface area contributed by atoms with Crippen molar-refractivity contribution in [1.82, 2.24) is 19.9 Å². The van der Waals surface area contributed by atoms with E-state index in [0.717, 1.165) is 23.4 Å². The van der Waals surface area contributed by atoms with Crippen molar-refractivity contribution in [1.29, 1.82) is 0 Å². The van der Waals surface area contributed by atoms with Gasteiger partial charge < -0.3 is 10.1 Å². The number of benzene rings is 2. The zero-order chi connectivity index (χ0) is 18.9. The van der Waals surface area contributed by atoms with Gasteiger partial charge in [-0.05, 0) is 17.7 Å². The Balaban J connectivity index is 1.35. The Morgan fingerprint density at radius 2 is 1.93 bits per heavy atom. The number of carbonyl (C=O) groups excluding carboxylic acids is 1. The van der Waals surface area contributed by atoms with Crippen LogP contribution in [0, 0.1) is 0 Å². The van der Waals surface area contributed by atoms with Crippen molar-refractivity contribution in [3.8, 4) is 17.0 Å². The van der Waals surface area contributed by atoms with E-state index in [9.17, 15) is 4.79 Å². The minimum Gasteiger partial charge on any atom is -0.488 e. The minimum atomic E-state index is -0.202. The van der Waals surface area contributed by atoms with Crippen molar-refractivity contribution in [2.24, 2.45) is 0 Å². The van der Waals surface area contributed by atoms with Crippen LogP contribution in [0.1, 0.15) is 15.9 Å². The third kappa shape index (κ3) is 2.89. The maximum absolute atomic E-state index is 12.7. The lowest BCUT2D eigenvalue weighted by Gasteiger charge is -2.11. The van der Waals surface area contributed by atoms with Crippen molar-refractivity contribution in [3.05, 3.63) is 84.2 Å². The molecule has 1 amide bonds. The molecule has 0 bridgehead atoms. The third-order valence-corrected chi connectivity index (χ3v) is 4.92. The predicted molar refractivity (Wildman–Crippen MR) is 105 cm³/mol. The van der Waals surface area contributed by atoms with Crippen LogP contribution in [0.25, 0.3) is 16.9 Å². The summed E-state index contributed by atoms with van der Waals surface area (Å²) in [4.78, 5) is 17.1. The highest BCUT2D eigenvalue weighted by Gasteiger charge is 2.24. The molecule has 0 spiro atoms. The monoisotopic (exact) mass is 370 g/mol. The Morgan fingerprint density at radius 1 is 1.11 bits per heavy atom. The zero-order valence-electron chi connectivity index (χ0n) is 15.1. The number of aromatic nitrogens is 3. The molecule has 28 heavy (non-hydrogen) atoms. The van der Waals surface area contributed by atoms with Gasteiger partial charge >= 0.3 is 0 Å². The van der Waals surface area contributed by atoms with E-state index in [2.05, 4.69) is 21.5 Å². The molecule has 0 saturated heterocycles. The van der Waals surface area contributed by atoms with Gasteiger partial charge in [0.25, 0.3) is 5.91 Å². The summed E-state index contributed by atoms with van der Waals surface area (Å²) in [7, 11) is 0. The van der Waals surface area contributed by atoms with Gasteiger partial charge in [-0.25, -0.2) is 9.50 Å². The molecule has 2 aromatic heterocycles. The Hall–Kier alpha value is -3.67. The molecule has 0 aliphatic carbocycles. The van der Waals surface area contributed by atoms with Gasteiger partial charge in [-0.1, -0.05) is 48.5 Å². The SMILES string of the molecule is O=C(NCC1Cc2ccccc2O1)c1cnn2c(-c3ccccc3)ccnc12. The molecule has 1 unspecified atom stereocenters. The van der Waals surface area contributed by atoms with E-state index in [4.69, 9.17) is 4.74 Å². The molecule has 5 rings (SSSR count). The maximum atomic E-state index is 12.7. The summed E-state index contributed by atoms with van der Waals surface area (Å²) in [5, 5.41) is 7.35. The maximum Gasteiger partial charge on any atom is 0.256 e. The summed E-state index contributed by atoms with van der Waals surface area (Å²) >= 11 is 0. The van der Waals surface area contributed by atoms with Gasteiger partial charge in [-0.15, -0.1) is 0 Å². The number of amides is 1. The first-order valence-electron chi connectivity index (χ1n) is 9.20. The third-order valence-electron chi connectivity index (χ3n) is 4.92. The summed E-state index contributed by atoms with van der Waals surface area (Å²) < 4.78 is 7.59. The van der Waals surface area contributed by atoms with Crippen molar-refractivity contribution in [3.63, 3.8) is 0 Å². The molecule has 1 atom stereocenters. The van der Waals surface area contributed by atoms with Gasteiger partial charge in [0.15, 0.2) is 5.65 Å². The largest absolute Gasteiger partial charge is 0.488 e. The van der Waals surface area contributed by atoms with Crippen LogP contribution in [0.15, 0.2) is 73.1 Å². The molecule has 4 aromatic rings. The molecule has 0 fully saturated rings. The number of hydrogen-bond acceptors (Lipinski definition) is 4. The Kier molecular flexibility index (Phi) is 4.01. The normalized spacial score (nSPS) is 15.2. The lowest BCUT2D eigenvalue weighted by Crippen LogP contribution is -2.34. The summed E-state index contributed by atoms with van der Waals surface area (Å²) in [5.74, 6) is 0.694. The van der Waals surface area contributed by atoms with Gasteiger partial charge in [0.05, 0.1) is 18.4 Å². The fraction of sp³-hybridized carbons (Fsp3) is 0.136. The molecule has 2 aromatic carbocycles. The number of para-hydroxylation sites is 1. The number of ether oxygens (including phenoxy) is 1. The van der Waals surface area contributed by atoms with E-state index in [1.54, 1.807) is 16.9 Å². The lowest BCUT2D eigenvalue weighted by molar-refractivity contribution is 0.0935. The van der Waals surface area contributed by atoms with Crippen molar-refractivity contribution in [2.45, 2.75) is 12.5 Å². The molecule has 3 heterocycles. The Labute approximate surface area is 161 Å². The average Bonchev–Trinajstić information content (AvgIpc) is 3.36. The second-order valence-electron chi connectivity index (χ2n) is 6.75. The molecule has 138 valence electrons. The molecular weight excluding hydrogens is 352 g/mol. The first kappa shape index (κ1) is 16.5. The van der Waals surface area contributed by atoms with Crippen LogP contribution in [-0.2, 0) is 6.42 Å². The minimum absolute atomic E-state index is 0.0592. The standard InChI is InChI=1S/C22H18N4O2/c27-22(24-13-17-12-16-8-4-5-9-20(16)28-17)18-14-25-26-19(10-11-23-21(18)26)15-6-2-1-3-7-15/h1-11,14,17H,12-13H2,(H,24,27). The van der Waals surface area contributed by atoms with E-state index in [0.29, 0.717) is 17.8 Å². The first-order valence-corrected chi connectivity index (χ1v) is 9.20. The number of fused-ring (bicyclic) bond motifs is 2. The average molecular weight is 370 g/mol. The van der Waals surface area contributed by atoms with Crippen LogP contribution >= 0.6 is 0 Å². The number of hydrogen-bond donors (Lipinski definition) is 1. The second kappa shape index (κ2) is 6.81. The van der Waals surface area contributed by atoms with Crippen LogP contribution in [0.4, 0.5) is 0 Å². The van der Waals surface area contributed by atoms with E-state index in [1.165, 1.54) is 5.56 Å². The number of carbonyl (C=O) groups is 1. The molecule has 1 aliphatic heterocycles. The van der Waals surface area contributed by atoms with Crippen LogP contribution in [0.3, 0.4) is 0 Å². The van der Waals surface area contributed by atoms with Crippen molar-refractivity contribution >= 4 is 11.6 Å². The zero-order valence-corrected chi connectivity index (χ0v) is 15.1. The number of nitrogens with one attached hydrogen (secondary N) is 1. The number of nitrogens with zero attached hydrogens (tertiary/aromatic N) is 3. The molecular formula is C22H18N4O2. The lowest BCUT2D eigenvalue weighted by atomic mass is 10.1. The van der Waals surface area contributed by atoms with Gasteiger partial charge in [0, 0.05) is 18.2 Å². The van der Waals surface area contributed by atoms with Gasteiger partial charge in [-0.3, -0.25) is 4.79 Å². The highest BCUT2D eigenvalue weighted by molar-refractivity contribution is 5.99. The van der Waals surface area contributed by atoms with Crippen LogP contribution < -0.4 is 10.1 Å². The van der Waals surface area contributed by atoms with Crippen molar-refractivity contribution < 1.29 is 9.53 Å². The fourth-order valence-electron chi connectivity index (χ4n) is 3.55. The van der Waals surface area contributed by atoms with Crippen LogP contribution in [-0.4, -0.2) is 33.2 Å². The van der Waals surface area contributed by atoms with Gasteiger partial charge in [-0.2, -0.15) is 5.10 Å². The highest BCUT2D eigenvalue weighted by Crippen LogP contribution is 2.27. The summed E-state index contributed by atoms with van der Waals surface area (Å²) in [5.41, 5.74) is 4.07.